The molecular formula is C17H23Cl2N5O2. The molecule has 0 aromatic carbocycles. The predicted octanol–water partition coefficient (Wildman–Crippen LogP) is 3.19. The fourth-order valence-electron chi connectivity index (χ4n) is 2.49. The van der Waals surface area contributed by atoms with Crippen molar-refractivity contribution in [3.8, 4) is 11.5 Å². The lowest BCUT2D eigenvalue weighted by atomic mass is 10.1. The second-order valence-corrected chi connectivity index (χ2v) is 6.06. The van der Waals surface area contributed by atoms with Gasteiger partial charge in [-0.25, -0.2) is 9.67 Å². The summed E-state index contributed by atoms with van der Waals surface area (Å²) in [4.78, 5) is 17.3. The number of nitrogens with two attached hydrogens (primary N) is 1. The minimum Gasteiger partial charge on any atom is -0.463 e. The van der Waals surface area contributed by atoms with E-state index >= 15 is 0 Å². The summed E-state index contributed by atoms with van der Waals surface area (Å²) in [6.07, 6.45) is 3.26. The van der Waals surface area contributed by atoms with Crippen molar-refractivity contribution < 1.29 is 9.21 Å². The Hall–Kier alpha value is -2.09. The number of pyridine rings is 1. The summed E-state index contributed by atoms with van der Waals surface area (Å²) < 4.78 is 7.24. The Bertz CT molecular complexity index is 862. The van der Waals surface area contributed by atoms with E-state index in [9.17, 15) is 4.79 Å². The maximum atomic E-state index is 12.7. The summed E-state index contributed by atoms with van der Waals surface area (Å²) in [5.41, 5.74) is 7.37. The molecule has 142 valence electrons. The van der Waals surface area contributed by atoms with Crippen molar-refractivity contribution in [3.05, 3.63) is 36.2 Å². The third-order valence-corrected chi connectivity index (χ3v) is 3.81. The zero-order chi connectivity index (χ0) is 17.3. The van der Waals surface area contributed by atoms with Crippen LogP contribution >= 0.6 is 24.8 Å². The minimum absolute atomic E-state index is 0. The number of nitrogens with zero attached hydrogens (tertiary/aromatic N) is 3. The van der Waals surface area contributed by atoms with Crippen molar-refractivity contribution in [1.29, 1.82) is 0 Å². The number of carbonyl (C=O) groups excluding carboxylic acids is 1. The largest absolute Gasteiger partial charge is 0.463 e. The number of furan rings is 1. The van der Waals surface area contributed by atoms with Gasteiger partial charge in [0.25, 0.3) is 5.91 Å². The molecule has 1 amide bonds. The van der Waals surface area contributed by atoms with Crippen molar-refractivity contribution in [2.75, 3.05) is 6.54 Å². The summed E-state index contributed by atoms with van der Waals surface area (Å²) in [7, 11) is 0. The molecule has 0 fully saturated rings. The molecule has 1 atom stereocenters. The van der Waals surface area contributed by atoms with Crippen molar-refractivity contribution in [2.24, 2.45) is 5.73 Å². The third kappa shape index (κ3) is 4.17. The molecule has 3 aromatic heterocycles. The summed E-state index contributed by atoms with van der Waals surface area (Å²) in [6.45, 7) is 6.27. The van der Waals surface area contributed by atoms with Gasteiger partial charge in [-0.2, -0.15) is 5.10 Å². The maximum absolute atomic E-state index is 12.7. The smallest absolute Gasteiger partial charge is 0.252 e. The summed E-state index contributed by atoms with van der Waals surface area (Å²) in [5.74, 6) is 0.408. The zero-order valence-corrected chi connectivity index (χ0v) is 16.4. The van der Waals surface area contributed by atoms with E-state index in [-0.39, 0.29) is 42.8 Å². The molecule has 9 heteroatoms. The van der Waals surface area contributed by atoms with Crippen LogP contribution in [-0.2, 0) is 0 Å². The maximum Gasteiger partial charge on any atom is 0.252 e. The second kappa shape index (κ2) is 9.02. The average Bonchev–Trinajstić information content (AvgIpc) is 3.22. The number of halogens is 2. The number of rotatable bonds is 5. The molecule has 7 nitrogen and oxygen atoms in total. The zero-order valence-electron chi connectivity index (χ0n) is 14.8. The molecule has 0 aliphatic rings. The monoisotopic (exact) mass is 399 g/mol. The van der Waals surface area contributed by atoms with E-state index in [4.69, 9.17) is 10.2 Å². The second-order valence-electron chi connectivity index (χ2n) is 6.06. The predicted molar refractivity (Wildman–Crippen MR) is 106 cm³/mol. The van der Waals surface area contributed by atoms with Gasteiger partial charge >= 0.3 is 0 Å². The number of hydrogen-bond acceptors (Lipinski definition) is 5. The van der Waals surface area contributed by atoms with E-state index in [0.717, 1.165) is 0 Å². The van der Waals surface area contributed by atoms with Crippen molar-refractivity contribution >= 4 is 41.8 Å². The van der Waals surface area contributed by atoms with Gasteiger partial charge in [-0.15, -0.1) is 24.8 Å². The molecule has 0 aliphatic heterocycles. The highest BCUT2D eigenvalue weighted by Crippen LogP contribution is 2.26. The number of nitrogens with one attached hydrogen (secondary N) is 1. The molecule has 3 N–H and O–H groups in total. The molecule has 0 aliphatic carbocycles. The first kappa shape index (κ1) is 22.0. The van der Waals surface area contributed by atoms with Crippen LogP contribution in [0, 0.1) is 0 Å². The fraction of sp³-hybridized carbons (Fsp3) is 0.353. The lowest BCUT2D eigenvalue weighted by Gasteiger charge is -2.13. The standard InChI is InChI=1S/C17H21N5O2.2ClH/c1-10(2)22-16-13(9-19-22)12(17(23)20-11(3)8-18)7-14(21-16)15-5-4-6-24-15;;/h4-7,9-11H,8,18H2,1-3H3,(H,20,23);2*1H/t11-;;/m0../s1. The van der Waals surface area contributed by atoms with E-state index in [1.54, 1.807) is 29.3 Å². The van der Waals surface area contributed by atoms with E-state index < -0.39 is 0 Å². The van der Waals surface area contributed by atoms with Crippen molar-refractivity contribution in [3.63, 3.8) is 0 Å². The Labute approximate surface area is 164 Å². The van der Waals surface area contributed by atoms with Crippen molar-refractivity contribution in [2.45, 2.75) is 32.9 Å². The summed E-state index contributed by atoms with van der Waals surface area (Å²) in [6, 6.07) is 5.34. The first-order chi connectivity index (χ1) is 11.5. The normalized spacial score (nSPS) is 11.7. The van der Waals surface area contributed by atoms with Gasteiger partial charge in [0.2, 0.25) is 0 Å². The van der Waals surface area contributed by atoms with Crippen LogP contribution in [0.3, 0.4) is 0 Å². The van der Waals surface area contributed by atoms with E-state index in [1.165, 1.54) is 0 Å². The summed E-state index contributed by atoms with van der Waals surface area (Å²) >= 11 is 0. The molecule has 0 spiro atoms. The van der Waals surface area contributed by atoms with Gasteiger partial charge in [0.1, 0.15) is 5.69 Å². The Morgan fingerprint density at radius 1 is 1.35 bits per heavy atom. The van der Waals surface area contributed by atoms with Gasteiger partial charge in [-0.05, 0) is 39.0 Å². The number of fused-ring (bicyclic) bond motifs is 1. The number of carbonyl (C=O) groups is 1. The Morgan fingerprint density at radius 3 is 2.65 bits per heavy atom. The van der Waals surface area contributed by atoms with Gasteiger partial charge in [-0.3, -0.25) is 4.79 Å². The highest BCUT2D eigenvalue weighted by molar-refractivity contribution is 6.06. The fourth-order valence-corrected chi connectivity index (χ4v) is 2.49. The van der Waals surface area contributed by atoms with Crippen LogP contribution in [0.4, 0.5) is 0 Å². The van der Waals surface area contributed by atoms with Gasteiger partial charge in [0.15, 0.2) is 11.4 Å². The van der Waals surface area contributed by atoms with E-state index in [2.05, 4.69) is 15.4 Å². The van der Waals surface area contributed by atoms with E-state index in [1.807, 2.05) is 26.8 Å². The molecule has 0 unspecified atom stereocenters. The lowest BCUT2D eigenvalue weighted by Crippen LogP contribution is -2.37. The van der Waals surface area contributed by atoms with Crippen LogP contribution in [0.25, 0.3) is 22.5 Å². The van der Waals surface area contributed by atoms with Gasteiger partial charge < -0.3 is 15.5 Å². The molecule has 0 saturated carbocycles. The first-order valence-corrected chi connectivity index (χ1v) is 7.94. The van der Waals surface area contributed by atoms with Crippen LogP contribution in [-0.4, -0.2) is 33.3 Å². The van der Waals surface area contributed by atoms with Crippen LogP contribution < -0.4 is 11.1 Å². The third-order valence-electron chi connectivity index (χ3n) is 3.81. The molecule has 0 bridgehead atoms. The number of hydrogen-bond donors (Lipinski definition) is 2. The average molecular weight is 400 g/mol. The first-order valence-electron chi connectivity index (χ1n) is 7.94. The van der Waals surface area contributed by atoms with E-state index in [0.29, 0.717) is 34.6 Å². The van der Waals surface area contributed by atoms with Gasteiger partial charge in [-0.1, -0.05) is 0 Å². The summed E-state index contributed by atoms with van der Waals surface area (Å²) in [5, 5.41) is 7.98. The Balaban J connectivity index is 0.00000169. The van der Waals surface area contributed by atoms with Crippen LogP contribution in [0.5, 0.6) is 0 Å². The molecule has 3 heterocycles. The topological polar surface area (TPSA) is 99.0 Å². The molecule has 3 aromatic rings. The Kier molecular flexibility index (Phi) is 7.62. The molecule has 0 radical (unpaired) electrons. The van der Waals surface area contributed by atoms with Gasteiger partial charge in [0, 0.05) is 18.6 Å². The highest BCUT2D eigenvalue weighted by atomic mass is 35.5. The quantitative estimate of drug-likeness (QED) is 0.685. The molecule has 3 rings (SSSR count). The van der Waals surface area contributed by atoms with Crippen molar-refractivity contribution in [1.82, 2.24) is 20.1 Å². The van der Waals surface area contributed by atoms with Crippen LogP contribution in [0.2, 0.25) is 0 Å². The van der Waals surface area contributed by atoms with Crippen LogP contribution in [0.15, 0.2) is 35.1 Å². The highest BCUT2D eigenvalue weighted by Gasteiger charge is 2.20. The minimum atomic E-state index is -0.198. The SMILES string of the molecule is CC(C)n1ncc2c(C(=O)N[C@@H](C)CN)cc(-c3ccco3)nc21.Cl.Cl. The lowest BCUT2D eigenvalue weighted by molar-refractivity contribution is 0.0943. The molecule has 0 saturated heterocycles. The molecule has 26 heavy (non-hydrogen) atoms. The molecular weight excluding hydrogens is 377 g/mol. The Morgan fingerprint density at radius 2 is 2.08 bits per heavy atom. The van der Waals surface area contributed by atoms with Gasteiger partial charge in [0.05, 0.1) is 23.4 Å². The number of amides is 1. The van der Waals surface area contributed by atoms with Crippen LogP contribution in [0.1, 0.15) is 37.2 Å². The number of aromatic nitrogens is 3.